The maximum absolute atomic E-state index is 13.3. The predicted molar refractivity (Wildman–Crippen MR) is 127 cm³/mol. The van der Waals surface area contributed by atoms with Gasteiger partial charge in [-0.15, -0.1) is 0 Å². The maximum atomic E-state index is 13.3. The molecule has 0 radical (unpaired) electrons. The van der Waals surface area contributed by atoms with Crippen molar-refractivity contribution in [2.24, 2.45) is 0 Å². The largest absolute Gasteiger partial charge is 0.490 e. The first-order valence-corrected chi connectivity index (χ1v) is 12.0. The van der Waals surface area contributed by atoms with E-state index in [0.717, 1.165) is 5.39 Å². The second-order valence-corrected chi connectivity index (χ2v) is 9.06. The zero-order valence-electron chi connectivity index (χ0n) is 19.9. The van der Waals surface area contributed by atoms with Gasteiger partial charge in [-0.2, -0.15) is 0 Å². The van der Waals surface area contributed by atoms with Crippen LogP contribution in [0.1, 0.15) is 12.1 Å². The molecule has 2 aliphatic heterocycles. The van der Waals surface area contributed by atoms with Crippen LogP contribution in [0.2, 0.25) is 0 Å². The molecule has 9 nitrogen and oxygen atoms in total. The molecule has 0 spiro atoms. The van der Waals surface area contributed by atoms with Gasteiger partial charge < -0.3 is 28.5 Å². The summed E-state index contributed by atoms with van der Waals surface area (Å²) < 4.78 is 36.1. The maximum Gasteiger partial charge on any atom is 0.228 e. The van der Waals surface area contributed by atoms with Crippen LogP contribution in [-0.4, -0.2) is 85.0 Å². The number of fused-ring (bicyclic) bond motifs is 1. The summed E-state index contributed by atoms with van der Waals surface area (Å²) in [4.78, 5) is 29.9. The standard InChI is InChI=1S/C26H28FN3O6/c27-19-5-7-20(8-6-19)34-18-26(16-25(32)29-9-12-33-13-10-29)17-30(11-14-35-26)24(31)15-22-21-3-1-2-4-23(21)36-28-22/h1-8H,9-18H2. The van der Waals surface area contributed by atoms with Crippen LogP contribution in [0.3, 0.4) is 0 Å². The fourth-order valence-corrected chi connectivity index (χ4v) is 4.57. The number of para-hydroxylation sites is 1. The number of carbonyl (C=O) groups is 2. The first kappa shape index (κ1) is 24.2. The smallest absolute Gasteiger partial charge is 0.228 e. The minimum absolute atomic E-state index is 0.0331. The van der Waals surface area contributed by atoms with Crippen molar-refractivity contribution in [3.05, 3.63) is 60.0 Å². The number of hydrogen-bond acceptors (Lipinski definition) is 7. The van der Waals surface area contributed by atoms with Crippen LogP contribution in [0, 0.1) is 5.82 Å². The van der Waals surface area contributed by atoms with E-state index in [-0.39, 0.29) is 50.2 Å². The van der Waals surface area contributed by atoms with Crippen LogP contribution in [0.15, 0.2) is 53.1 Å². The normalized spacial score (nSPS) is 20.5. The molecular formula is C26H28FN3O6. The molecule has 2 saturated heterocycles. The lowest BCUT2D eigenvalue weighted by Crippen LogP contribution is -2.59. The Balaban J connectivity index is 1.32. The molecule has 1 unspecified atom stereocenters. The molecule has 0 bridgehead atoms. The molecule has 0 aliphatic carbocycles. The van der Waals surface area contributed by atoms with Crippen molar-refractivity contribution in [3.8, 4) is 5.75 Å². The van der Waals surface area contributed by atoms with Gasteiger partial charge in [0, 0.05) is 25.0 Å². The second kappa shape index (κ2) is 10.6. The van der Waals surface area contributed by atoms with Gasteiger partial charge in [0.1, 0.15) is 29.5 Å². The van der Waals surface area contributed by atoms with Gasteiger partial charge in [0.05, 0.1) is 39.2 Å². The number of halogens is 1. The minimum atomic E-state index is -1.05. The molecule has 0 saturated carbocycles. The highest BCUT2D eigenvalue weighted by Crippen LogP contribution is 2.27. The van der Waals surface area contributed by atoms with Gasteiger partial charge in [-0.3, -0.25) is 9.59 Å². The zero-order valence-corrected chi connectivity index (χ0v) is 19.9. The van der Waals surface area contributed by atoms with E-state index in [2.05, 4.69) is 5.16 Å². The third-order valence-electron chi connectivity index (χ3n) is 6.52. The third-order valence-corrected chi connectivity index (χ3v) is 6.52. The van der Waals surface area contributed by atoms with Gasteiger partial charge in [-0.25, -0.2) is 4.39 Å². The van der Waals surface area contributed by atoms with Crippen molar-refractivity contribution in [3.63, 3.8) is 0 Å². The van der Waals surface area contributed by atoms with Crippen LogP contribution in [-0.2, 0) is 25.5 Å². The Morgan fingerprint density at radius 1 is 0.972 bits per heavy atom. The van der Waals surface area contributed by atoms with Crippen molar-refractivity contribution in [1.29, 1.82) is 0 Å². The van der Waals surface area contributed by atoms with Crippen LogP contribution in [0.25, 0.3) is 11.0 Å². The summed E-state index contributed by atoms with van der Waals surface area (Å²) in [6, 6.07) is 13.1. The van der Waals surface area contributed by atoms with Gasteiger partial charge in [-0.1, -0.05) is 17.3 Å². The lowest BCUT2D eigenvalue weighted by atomic mass is 9.96. The molecule has 190 valence electrons. The van der Waals surface area contributed by atoms with E-state index >= 15 is 0 Å². The third kappa shape index (κ3) is 5.50. The molecular weight excluding hydrogens is 469 g/mol. The van der Waals surface area contributed by atoms with Crippen molar-refractivity contribution in [1.82, 2.24) is 15.0 Å². The van der Waals surface area contributed by atoms with Gasteiger partial charge in [0.2, 0.25) is 11.8 Å². The monoisotopic (exact) mass is 497 g/mol. The van der Waals surface area contributed by atoms with Crippen molar-refractivity contribution >= 4 is 22.8 Å². The van der Waals surface area contributed by atoms with Crippen molar-refractivity contribution in [2.75, 3.05) is 52.6 Å². The Morgan fingerprint density at radius 3 is 2.53 bits per heavy atom. The van der Waals surface area contributed by atoms with Gasteiger partial charge in [0.15, 0.2) is 5.58 Å². The molecule has 1 atom stereocenters. The molecule has 1 aromatic heterocycles. The molecule has 2 fully saturated rings. The van der Waals surface area contributed by atoms with E-state index in [4.69, 9.17) is 18.7 Å². The van der Waals surface area contributed by atoms with Gasteiger partial charge in [0.25, 0.3) is 0 Å². The topological polar surface area (TPSA) is 94.3 Å². The van der Waals surface area contributed by atoms with Crippen LogP contribution in [0.4, 0.5) is 4.39 Å². The van der Waals surface area contributed by atoms with Crippen LogP contribution in [0.5, 0.6) is 5.75 Å². The predicted octanol–water partition coefficient (Wildman–Crippen LogP) is 2.43. The number of morpholine rings is 2. The first-order chi connectivity index (χ1) is 17.5. The summed E-state index contributed by atoms with van der Waals surface area (Å²) in [5.74, 6) is -0.138. The average Bonchev–Trinajstić information content (AvgIpc) is 3.32. The summed E-state index contributed by atoms with van der Waals surface area (Å²) in [6.07, 6.45) is 0.119. The SMILES string of the molecule is O=C(CC1(COc2ccc(F)cc2)CN(C(=O)Cc2noc3ccccc23)CCO1)N1CCOCC1. The highest BCUT2D eigenvalue weighted by atomic mass is 19.1. The average molecular weight is 498 g/mol. The van der Waals surface area contributed by atoms with E-state index in [1.165, 1.54) is 24.3 Å². The number of aromatic nitrogens is 1. The first-order valence-electron chi connectivity index (χ1n) is 12.0. The molecule has 2 amide bonds. The molecule has 3 aromatic rings. The number of nitrogens with zero attached hydrogens (tertiary/aromatic N) is 3. The fourth-order valence-electron chi connectivity index (χ4n) is 4.57. The minimum Gasteiger partial charge on any atom is -0.490 e. The number of ether oxygens (including phenoxy) is 3. The molecule has 10 heteroatoms. The highest BCUT2D eigenvalue weighted by molar-refractivity contribution is 5.86. The Bertz CT molecular complexity index is 1210. The van der Waals surface area contributed by atoms with Gasteiger partial charge >= 0.3 is 0 Å². The van der Waals surface area contributed by atoms with Crippen molar-refractivity contribution < 1.29 is 32.7 Å². The Labute approximate surface area is 207 Å². The van der Waals surface area contributed by atoms with Crippen LogP contribution >= 0.6 is 0 Å². The number of amides is 2. The van der Waals surface area contributed by atoms with Gasteiger partial charge in [-0.05, 0) is 36.4 Å². The zero-order chi connectivity index (χ0) is 25.0. The Morgan fingerprint density at radius 2 is 1.72 bits per heavy atom. The summed E-state index contributed by atoms with van der Waals surface area (Å²) in [5, 5.41) is 4.88. The number of carbonyl (C=O) groups excluding carboxylic acids is 2. The van der Waals surface area contributed by atoms with E-state index in [1.54, 1.807) is 15.9 Å². The second-order valence-electron chi connectivity index (χ2n) is 9.06. The Hall–Kier alpha value is -3.50. The van der Waals surface area contributed by atoms with E-state index < -0.39 is 5.60 Å². The van der Waals surface area contributed by atoms with E-state index in [0.29, 0.717) is 49.9 Å². The lowest BCUT2D eigenvalue weighted by Gasteiger charge is -2.43. The molecule has 36 heavy (non-hydrogen) atoms. The molecule has 2 aromatic carbocycles. The summed E-state index contributed by atoms with van der Waals surface area (Å²) in [5.41, 5.74) is 0.143. The highest BCUT2D eigenvalue weighted by Gasteiger charge is 2.42. The molecule has 3 heterocycles. The number of hydrogen-bond donors (Lipinski definition) is 0. The van der Waals surface area contributed by atoms with Crippen LogP contribution < -0.4 is 4.74 Å². The summed E-state index contributed by atoms with van der Waals surface area (Å²) >= 11 is 0. The van der Waals surface area contributed by atoms with E-state index in [9.17, 15) is 14.0 Å². The quantitative estimate of drug-likeness (QED) is 0.495. The van der Waals surface area contributed by atoms with E-state index in [1.807, 2.05) is 18.2 Å². The van der Waals surface area contributed by atoms with Crippen molar-refractivity contribution in [2.45, 2.75) is 18.4 Å². The Kier molecular flexibility index (Phi) is 7.15. The lowest BCUT2D eigenvalue weighted by molar-refractivity contribution is -0.167. The number of benzene rings is 2. The molecule has 0 N–H and O–H groups in total. The summed E-state index contributed by atoms with van der Waals surface area (Å²) in [6.45, 7) is 2.85. The molecule has 2 aliphatic rings. The summed E-state index contributed by atoms with van der Waals surface area (Å²) in [7, 11) is 0. The fraction of sp³-hybridized carbons (Fsp3) is 0.423. The number of rotatable bonds is 7. The molecule has 5 rings (SSSR count).